The highest BCUT2D eigenvalue weighted by Gasteiger charge is 2.25. The third kappa shape index (κ3) is 1.47. The summed E-state index contributed by atoms with van der Waals surface area (Å²) in [6.45, 7) is 1.54. The van der Waals surface area contributed by atoms with E-state index in [2.05, 4.69) is 5.43 Å². The second-order valence-electron chi connectivity index (χ2n) is 2.59. The van der Waals surface area contributed by atoms with Crippen molar-refractivity contribution in [2.75, 3.05) is 0 Å². The zero-order valence-corrected chi connectivity index (χ0v) is 6.16. The predicted octanol–water partition coefficient (Wildman–Crippen LogP) is -0.777. The zero-order chi connectivity index (χ0) is 8.48. The Morgan fingerprint density at radius 2 is 2.36 bits per heavy atom. The molecule has 0 saturated heterocycles. The highest BCUT2D eigenvalue weighted by Crippen LogP contribution is 2.18. The van der Waals surface area contributed by atoms with Crippen molar-refractivity contribution >= 4 is 5.78 Å². The maximum absolute atomic E-state index is 10.8. The van der Waals surface area contributed by atoms with Crippen molar-refractivity contribution < 1.29 is 9.90 Å². The second-order valence-corrected chi connectivity index (χ2v) is 2.59. The molecule has 0 aliphatic heterocycles. The average molecular weight is 154 g/mol. The van der Waals surface area contributed by atoms with Crippen LogP contribution >= 0.6 is 0 Å². The van der Waals surface area contributed by atoms with Crippen molar-refractivity contribution in [3.63, 3.8) is 0 Å². The number of nitrogens with one attached hydrogen (secondary N) is 1. The number of hydrogen-bond acceptors (Lipinski definition) is 4. The SMILES string of the molecule is CC1(O)C=CC(=O)C=C1NN. The van der Waals surface area contributed by atoms with E-state index in [0.717, 1.165) is 0 Å². The van der Waals surface area contributed by atoms with Crippen LogP contribution in [0.15, 0.2) is 23.9 Å². The van der Waals surface area contributed by atoms with Gasteiger partial charge in [0.1, 0.15) is 5.60 Å². The number of allylic oxidation sites excluding steroid dienone is 2. The summed E-state index contributed by atoms with van der Waals surface area (Å²) in [6, 6.07) is 0. The lowest BCUT2D eigenvalue weighted by Crippen LogP contribution is -2.39. The number of carbonyl (C=O) groups is 1. The first-order valence-corrected chi connectivity index (χ1v) is 3.20. The van der Waals surface area contributed by atoms with Gasteiger partial charge in [0.25, 0.3) is 0 Å². The van der Waals surface area contributed by atoms with Gasteiger partial charge in [-0.05, 0) is 19.1 Å². The van der Waals surface area contributed by atoms with E-state index in [0.29, 0.717) is 5.70 Å². The molecule has 0 aromatic carbocycles. The van der Waals surface area contributed by atoms with E-state index in [1.54, 1.807) is 6.92 Å². The first kappa shape index (κ1) is 7.97. The minimum atomic E-state index is -1.15. The summed E-state index contributed by atoms with van der Waals surface area (Å²) in [5.74, 6) is 4.90. The molecule has 4 nitrogen and oxygen atoms in total. The average Bonchev–Trinajstić information content (AvgIpc) is 1.94. The standard InChI is InChI=1S/C7H10N2O2/c1-7(11)3-2-5(10)4-6(7)9-8/h2-4,9,11H,8H2,1H3. The van der Waals surface area contributed by atoms with Crippen molar-refractivity contribution in [2.24, 2.45) is 5.84 Å². The maximum atomic E-state index is 10.8. The van der Waals surface area contributed by atoms with Crippen LogP contribution in [0.1, 0.15) is 6.92 Å². The Morgan fingerprint density at radius 3 is 2.82 bits per heavy atom. The van der Waals surface area contributed by atoms with Gasteiger partial charge in [-0.3, -0.25) is 10.6 Å². The molecule has 0 heterocycles. The minimum Gasteiger partial charge on any atom is -0.380 e. The van der Waals surface area contributed by atoms with Crippen LogP contribution in [0.4, 0.5) is 0 Å². The summed E-state index contributed by atoms with van der Waals surface area (Å²) >= 11 is 0. The number of carbonyl (C=O) groups excluding carboxylic acids is 1. The van der Waals surface area contributed by atoms with Crippen LogP contribution in [0.25, 0.3) is 0 Å². The van der Waals surface area contributed by atoms with E-state index in [4.69, 9.17) is 5.84 Å². The van der Waals surface area contributed by atoms with Crippen LogP contribution in [0.5, 0.6) is 0 Å². The van der Waals surface area contributed by atoms with Crippen LogP contribution in [0, 0.1) is 0 Å². The van der Waals surface area contributed by atoms with E-state index in [-0.39, 0.29) is 5.78 Å². The molecule has 0 saturated carbocycles. The van der Waals surface area contributed by atoms with Gasteiger partial charge < -0.3 is 10.5 Å². The van der Waals surface area contributed by atoms with Gasteiger partial charge >= 0.3 is 0 Å². The number of hydrazine groups is 1. The third-order valence-corrected chi connectivity index (χ3v) is 1.56. The Labute approximate surface area is 64.4 Å². The van der Waals surface area contributed by atoms with Crippen LogP contribution < -0.4 is 11.3 Å². The molecule has 1 rings (SSSR count). The fraction of sp³-hybridized carbons (Fsp3) is 0.286. The monoisotopic (exact) mass is 154 g/mol. The zero-order valence-electron chi connectivity index (χ0n) is 6.16. The highest BCUT2D eigenvalue weighted by molar-refractivity contribution is 6.01. The predicted molar refractivity (Wildman–Crippen MR) is 40.2 cm³/mol. The number of aliphatic hydroxyl groups is 1. The van der Waals surface area contributed by atoms with Crippen molar-refractivity contribution in [2.45, 2.75) is 12.5 Å². The summed E-state index contributed by atoms with van der Waals surface area (Å²) in [7, 11) is 0. The van der Waals surface area contributed by atoms with Crippen molar-refractivity contribution in [1.29, 1.82) is 0 Å². The Kier molecular flexibility index (Phi) is 1.80. The van der Waals surface area contributed by atoms with Crippen molar-refractivity contribution in [3.05, 3.63) is 23.9 Å². The fourth-order valence-electron chi connectivity index (χ4n) is 0.858. The number of hydrogen-bond donors (Lipinski definition) is 3. The third-order valence-electron chi connectivity index (χ3n) is 1.56. The molecule has 0 bridgehead atoms. The molecule has 0 fully saturated rings. The molecule has 4 heteroatoms. The first-order valence-electron chi connectivity index (χ1n) is 3.20. The quantitative estimate of drug-likeness (QED) is 0.342. The Hall–Kier alpha value is -1.13. The molecule has 60 valence electrons. The molecule has 1 aliphatic carbocycles. The van der Waals surface area contributed by atoms with Crippen molar-refractivity contribution in [1.82, 2.24) is 5.43 Å². The Balaban J connectivity index is 2.96. The molecular formula is C7H10N2O2. The largest absolute Gasteiger partial charge is 0.380 e. The smallest absolute Gasteiger partial charge is 0.180 e. The summed E-state index contributed by atoms with van der Waals surface area (Å²) in [5.41, 5.74) is 1.42. The van der Waals surface area contributed by atoms with E-state index in [9.17, 15) is 9.90 Å². The maximum Gasteiger partial charge on any atom is 0.180 e. The molecule has 0 aromatic rings. The van der Waals surface area contributed by atoms with Crippen LogP contribution in [0.3, 0.4) is 0 Å². The molecule has 11 heavy (non-hydrogen) atoms. The Morgan fingerprint density at radius 1 is 1.73 bits per heavy atom. The first-order chi connectivity index (χ1) is 5.06. The lowest BCUT2D eigenvalue weighted by Gasteiger charge is -2.24. The molecular weight excluding hydrogens is 144 g/mol. The van der Waals surface area contributed by atoms with Crippen LogP contribution in [-0.2, 0) is 4.79 Å². The lowest BCUT2D eigenvalue weighted by atomic mass is 9.96. The van der Waals surface area contributed by atoms with Gasteiger partial charge in [0, 0.05) is 6.08 Å². The van der Waals surface area contributed by atoms with E-state index < -0.39 is 5.60 Å². The minimum absolute atomic E-state index is 0.176. The van der Waals surface area contributed by atoms with Crippen molar-refractivity contribution in [3.8, 4) is 0 Å². The topological polar surface area (TPSA) is 75.3 Å². The van der Waals surface area contributed by atoms with Crippen LogP contribution in [-0.4, -0.2) is 16.5 Å². The molecule has 0 amide bonds. The van der Waals surface area contributed by atoms with Gasteiger partial charge in [-0.1, -0.05) is 0 Å². The normalized spacial score (nSPS) is 30.1. The van der Waals surface area contributed by atoms with E-state index >= 15 is 0 Å². The van der Waals surface area contributed by atoms with Gasteiger partial charge in [0.05, 0.1) is 5.70 Å². The van der Waals surface area contributed by atoms with Gasteiger partial charge in [-0.25, -0.2) is 0 Å². The van der Waals surface area contributed by atoms with Crippen LogP contribution in [0.2, 0.25) is 0 Å². The van der Waals surface area contributed by atoms with Gasteiger partial charge in [0.2, 0.25) is 0 Å². The molecule has 1 atom stereocenters. The number of ketones is 1. The van der Waals surface area contributed by atoms with Gasteiger partial charge in [-0.2, -0.15) is 0 Å². The summed E-state index contributed by atoms with van der Waals surface area (Å²) < 4.78 is 0. The number of nitrogens with two attached hydrogens (primary N) is 1. The fourth-order valence-corrected chi connectivity index (χ4v) is 0.858. The summed E-state index contributed by atoms with van der Waals surface area (Å²) in [5, 5.41) is 9.50. The van der Waals surface area contributed by atoms with E-state index in [1.165, 1.54) is 18.2 Å². The molecule has 1 aliphatic rings. The van der Waals surface area contributed by atoms with E-state index in [1.807, 2.05) is 0 Å². The molecule has 4 N–H and O–H groups in total. The number of rotatable bonds is 1. The summed E-state index contributed by atoms with van der Waals surface area (Å²) in [4.78, 5) is 10.8. The lowest BCUT2D eigenvalue weighted by molar-refractivity contribution is -0.110. The van der Waals surface area contributed by atoms with Gasteiger partial charge in [-0.15, -0.1) is 0 Å². The molecule has 0 spiro atoms. The molecule has 0 aromatic heterocycles. The molecule has 0 radical (unpaired) electrons. The Bertz CT molecular complexity index is 241. The van der Waals surface area contributed by atoms with Gasteiger partial charge in [0.15, 0.2) is 5.78 Å². The summed E-state index contributed by atoms with van der Waals surface area (Å²) in [6.07, 6.45) is 3.96. The second kappa shape index (κ2) is 2.48. The highest BCUT2D eigenvalue weighted by atomic mass is 16.3. The molecule has 1 unspecified atom stereocenters.